The van der Waals surface area contributed by atoms with E-state index in [1.54, 1.807) is 7.05 Å². The van der Waals surface area contributed by atoms with Crippen LogP contribution < -0.4 is 0 Å². The van der Waals surface area contributed by atoms with Gasteiger partial charge in [0.05, 0.1) is 11.3 Å². The van der Waals surface area contributed by atoms with E-state index in [1.165, 1.54) is 32.1 Å². The van der Waals surface area contributed by atoms with E-state index in [1.807, 2.05) is 26.0 Å². The lowest BCUT2D eigenvalue weighted by molar-refractivity contribution is -0.0244. The summed E-state index contributed by atoms with van der Waals surface area (Å²) >= 11 is 0. The van der Waals surface area contributed by atoms with E-state index in [0.717, 1.165) is 17.2 Å². The van der Waals surface area contributed by atoms with Crippen molar-refractivity contribution in [2.45, 2.75) is 72.3 Å². The van der Waals surface area contributed by atoms with Gasteiger partial charge in [-0.1, -0.05) is 45.8 Å². The van der Waals surface area contributed by atoms with Crippen LogP contribution in [0, 0.1) is 11.8 Å². The van der Waals surface area contributed by atoms with E-state index in [0.29, 0.717) is 11.8 Å². The number of rotatable bonds is 2. The van der Waals surface area contributed by atoms with E-state index in [2.05, 4.69) is 13.0 Å². The third-order valence-electron chi connectivity index (χ3n) is 4.27. The van der Waals surface area contributed by atoms with Crippen LogP contribution in [0.1, 0.15) is 66.7 Å². The molecule has 0 aromatic heterocycles. The topological polar surface area (TPSA) is 43.7 Å². The van der Waals surface area contributed by atoms with Gasteiger partial charge in [0.1, 0.15) is 0 Å². The maximum atomic E-state index is 9.64. The molecule has 0 radical (unpaired) electrons. The Morgan fingerprint density at radius 3 is 2.10 bits per heavy atom. The van der Waals surface area contributed by atoms with Crippen LogP contribution in [0.5, 0.6) is 0 Å². The molecule has 3 nitrogen and oxygen atoms in total. The lowest BCUT2D eigenvalue weighted by Gasteiger charge is -2.32. The summed E-state index contributed by atoms with van der Waals surface area (Å²) in [7, 11) is 1.63. The molecule has 2 rings (SSSR count). The molecule has 0 heterocycles. The normalized spacial score (nSPS) is 22.6. The fourth-order valence-electron chi connectivity index (χ4n) is 2.77. The second kappa shape index (κ2) is 9.26. The Labute approximate surface area is 131 Å². The Bertz CT molecular complexity index is 334. The van der Waals surface area contributed by atoms with Crippen LogP contribution in [-0.4, -0.2) is 28.0 Å². The van der Waals surface area contributed by atoms with Gasteiger partial charge in [-0.3, -0.25) is 10.3 Å². The van der Waals surface area contributed by atoms with Crippen LogP contribution >= 0.6 is 0 Å². The minimum atomic E-state index is -0.430. The first kappa shape index (κ1) is 20.2. The molecule has 1 atom stereocenters. The molecule has 2 aliphatic rings. The Balaban J connectivity index is 0.000000364. The molecular formula is C18H35NO2. The lowest BCUT2D eigenvalue weighted by Crippen LogP contribution is -2.32. The van der Waals surface area contributed by atoms with E-state index in [9.17, 15) is 5.11 Å². The summed E-state index contributed by atoms with van der Waals surface area (Å²) in [5, 5.41) is 19.8. The average molecular weight is 297 g/mol. The van der Waals surface area contributed by atoms with Gasteiger partial charge in [-0.25, -0.2) is 0 Å². The third kappa shape index (κ3) is 7.68. The van der Waals surface area contributed by atoms with Gasteiger partial charge in [-0.2, -0.15) is 0 Å². The van der Waals surface area contributed by atoms with Gasteiger partial charge < -0.3 is 5.11 Å². The molecule has 2 aliphatic carbocycles. The molecular weight excluding hydrogens is 262 g/mol. The third-order valence-corrected chi connectivity index (χ3v) is 4.27. The molecule has 1 fully saturated rings. The number of aliphatic hydroxyl groups is 1. The number of likely N-dealkylation sites (N-methyl/N-ethyl adjacent to an activating group) is 1. The second-order valence-electron chi connectivity index (χ2n) is 6.71. The molecule has 124 valence electrons. The Hall–Kier alpha value is -0.800. The van der Waals surface area contributed by atoms with Crippen LogP contribution in [0.3, 0.4) is 0 Å². The van der Waals surface area contributed by atoms with E-state index < -0.39 is 5.60 Å². The summed E-state index contributed by atoms with van der Waals surface area (Å²) in [5.74, 6) is 1.17. The lowest BCUT2D eigenvalue weighted by atomic mass is 9.79. The molecule has 0 aliphatic heterocycles. The molecule has 0 amide bonds. The van der Waals surface area contributed by atoms with Crippen molar-refractivity contribution in [2.75, 3.05) is 7.05 Å². The van der Waals surface area contributed by atoms with Crippen molar-refractivity contribution >= 4 is 0 Å². The zero-order valence-electron chi connectivity index (χ0n) is 13.5. The van der Waals surface area contributed by atoms with E-state index in [-0.39, 0.29) is 7.43 Å². The molecule has 0 aromatic carbocycles. The monoisotopic (exact) mass is 297 g/mol. The Morgan fingerprint density at radius 2 is 1.76 bits per heavy atom. The van der Waals surface area contributed by atoms with Crippen molar-refractivity contribution in [3.8, 4) is 0 Å². The SMILES string of the molecule is C.CC(C)(O)C1CCCCC1.CC1C=CC(N(C)O)=CC1. The van der Waals surface area contributed by atoms with Crippen LogP contribution in [0.25, 0.3) is 0 Å². The first-order valence-electron chi connectivity index (χ1n) is 7.84. The summed E-state index contributed by atoms with van der Waals surface area (Å²) in [6.45, 7) is 6.02. The summed E-state index contributed by atoms with van der Waals surface area (Å²) in [5.41, 5.74) is 0.457. The van der Waals surface area contributed by atoms with Gasteiger partial charge in [0, 0.05) is 7.05 Å². The van der Waals surface area contributed by atoms with E-state index in [4.69, 9.17) is 5.21 Å². The van der Waals surface area contributed by atoms with Gasteiger partial charge in [0.2, 0.25) is 0 Å². The quantitative estimate of drug-likeness (QED) is 0.722. The standard InChI is InChI=1S/C9H18O.C8H13NO.CH4/c1-9(2,10)8-6-4-3-5-7-8;1-7-3-5-8(6-4-7)9(2)10;/h8,10H,3-7H2,1-2H3;3,5-7,10H,4H2,1-2H3;1H4. The number of nitrogens with zero attached hydrogens (tertiary/aromatic N) is 1. The first-order chi connectivity index (χ1) is 9.30. The van der Waals surface area contributed by atoms with Crippen LogP contribution in [-0.2, 0) is 0 Å². The van der Waals surface area contributed by atoms with Crippen molar-refractivity contribution in [3.05, 3.63) is 23.9 Å². The number of allylic oxidation sites excluding steroid dienone is 3. The zero-order chi connectivity index (χ0) is 15.2. The van der Waals surface area contributed by atoms with Crippen molar-refractivity contribution in [3.63, 3.8) is 0 Å². The van der Waals surface area contributed by atoms with Crippen molar-refractivity contribution < 1.29 is 10.3 Å². The van der Waals surface area contributed by atoms with Gasteiger partial charge in [0.25, 0.3) is 0 Å². The summed E-state index contributed by atoms with van der Waals surface area (Å²) in [6.07, 6.45) is 13.5. The maximum Gasteiger partial charge on any atom is 0.0619 e. The summed E-state index contributed by atoms with van der Waals surface area (Å²) < 4.78 is 0. The smallest absolute Gasteiger partial charge is 0.0619 e. The van der Waals surface area contributed by atoms with Crippen molar-refractivity contribution in [2.24, 2.45) is 11.8 Å². The first-order valence-corrected chi connectivity index (χ1v) is 7.84. The highest BCUT2D eigenvalue weighted by Gasteiger charge is 2.27. The number of hydrogen-bond acceptors (Lipinski definition) is 3. The highest BCUT2D eigenvalue weighted by Crippen LogP contribution is 2.31. The fraction of sp³-hybridized carbons (Fsp3) is 0.778. The largest absolute Gasteiger partial charge is 0.390 e. The minimum Gasteiger partial charge on any atom is -0.390 e. The van der Waals surface area contributed by atoms with Crippen LogP contribution in [0.4, 0.5) is 0 Å². The molecule has 1 unspecified atom stereocenters. The van der Waals surface area contributed by atoms with Crippen LogP contribution in [0.15, 0.2) is 23.9 Å². The van der Waals surface area contributed by atoms with Gasteiger partial charge in [0.15, 0.2) is 0 Å². The molecule has 0 aromatic rings. The fourth-order valence-corrected chi connectivity index (χ4v) is 2.77. The Kier molecular flexibility index (Phi) is 8.91. The molecule has 3 heteroatoms. The molecule has 21 heavy (non-hydrogen) atoms. The van der Waals surface area contributed by atoms with Gasteiger partial charge in [-0.15, -0.1) is 0 Å². The highest BCUT2D eigenvalue weighted by atomic mass is 16.5. The molecule has 1 saturated carbocycles. The molecule has 2 N–H and O–H groups in total. The summed E-state index contributed by atoms with van der Waals surface area (Å²) in [6, 6.07) is 0. The molecule has 0 spiro atoms. The van der Waals surface area contributed by atoms with Gasteiger partial charge >= 0.3 is 0 Å². The maximum absolute atomic E-state index is 9.64. The Morgan fingerprint density at radius 1 is 1.19 bits per heavy atom. The predicted octanol–water partition coefficient (Wildman–Crippen LogP) is 4.76. The average Bonchev–Trinajstić information content (AvgIpc) is 2.40. The van der Waals surface area contributed by atoms with E-state index >= 15 is 0 Å². The predicted molar refractivity (Wildman–Crippen MR) is 90.2 cm³/mol. The summed E-state index contributed by atoms with van der Waals surface area (Å²) in [4.78, 5) is 0. The second-order valence-corrected chi connectivity index (χ2v) is 6.71. The zero-order valence-corrected chi connectivity index (χ0v) is 13.5. The van der Waals surface area contributed by atoms with Crippen molar-refractivity contribution in [1.82, 2.24) is 5.06 Å². The minimum absolute atomic E-state index is 0. The highest BCUT2D eigenvalue weighted by molar-refractivity contribution is 5.20. The molecule has 0 saturated heterocycles. The van der Waals surface area contributed by atoms with Crippen molar-refractivity contribution in [1.29, 1.82) is 0 Å². The van der Waals surface area contributed by atoms with Crippen LogP contribution in [0.2, 0.25) is 0 Å². The number of hydrogen-bond donors (Lipinski definition) is 2. The number of hydroxylamine groups is 2. The van der Waals surface area contributed by atoms with Gasteiger partial charge in [-0.05, 0) is 51.0 Å². The molecule has 0 bridgehead atoms.